The van der Waals surface area contributed by atoms with Gasteiger partial charge in [-0.15, -0.1) is 0 Å². The second-order valence-corrected chi connectivity index (χ2v) is 21.6. The van der Waals surface area contributed by atoms with Gasteiger partial charge in [0.2, 0.25) is 0 Å². The van der Waals surface area contributed by atoms with Crippen LogP contribution in [0.4, 0.5) is 11.4 Å². The van der Waals surface area contributed by atoms with Crippen molar-refractivity contribution in [1.29, 1.82) is 0 Å². The zero-order chi connectivity index (χ0) is 47.9. The molecule has 3 nitrogen and oxygen atoms in total. The number of para-hydroxylation sites is 3. The lowest BCUT2D eigenvalue weighted by molar-refractivity contribution is 0.341. The molecule has 2 aliphatic heterocycles. The van der Waals surface area contributed by atoms with Crippen LogP contribution in [0.3, 0.4) is 0 Å². The molecule has 0 amide bonds. The molecule has 3 aliphatic carbocycles. The zero-order valence-electron chi connectivity index (χ0n) is 40.5. The van der Waals surface area contributed by atoms with Crippen molar-refractivity contribution in [2.45, 2.75) is 30.7 Å². The zero-order valence-corrected chi connectivity index (χ0v) is 40.5. The number of fused-ring (bicyclic) bond motifs is 21. The number of benzene rings is 10. The van der Waals surface area contributed by atoms with Gasteiger partial charge in [0.15, 0.2) is 0 Å². The Bertz CT molecular complexity index is 4450. The highest BCUT2D eigenvalue weighted by Crippen LogP contribution is 2.64. The molecule has 0 saturated carbocycles. The Morgan fingerprint density at radius 1 is 0.370 bits per heavy atom. The summed E-state index contributed by atoms with van der Waals surface area (Å²) in [5.74, 6) is 0.368. The lowest BCUT2D eigenvalue weighted by Gasteiger charge is -2.49. The summed E-state index contributed by atoms with van der Waals surface area (Å²) in [5, 5.41) is 4.99. The van der Waals surface area contributed by atoms with Gasteiger partial charge in [-0.1, -0.05) is 172 Å². The van der Waals surface area contributed by atoms with E-state index in [9.17, 15) is 0 Å². The normalized spacial score (nSPS) is 17.7. The average molecular weight is 930 g/mol. The van der Waals surface area contributed by atoms with Crippen molar-refractivity contribution >= 4 is 60.6 Å². The summed E-state index contributed by atoms with van der Waals surface area (Å²) < 4.78 is 4.98. The molecular weight excluding hydrogens is 883 g/mol. The third kappa shape index (κ3) is 4.90. The molecule has 5 aliphatic rings. The Balaban J connectivity index is 0.925. The second kappa shape index (κ2) is 13.9. The Morgan fingerprint density at radius 2 is 0.945 bits per heavy atom. The first-order valence-corrected chi connectivity index (χ1v) is 25.9. The van der Waals surface area contributed by atoms with Crippen LogP contribution in [-0.4, -0.2) is 15.2 Å². The molecule has 0 N–H and O–H groups in total. The first kappa shape index (κ1) is 39.8. The van der Waals surface area contributed by atoms with Gasteiger partial charge in [-0.25, -0.2) is 0 Å². The molecule has 0 bridgehead atoms. The maximum atomic E-state index is 2.64. The highest BCUT2D eigenvalue weighted by molar-refractivity contribution is 6.15. The lowest BCUT2D eigenvalue weighted by Crippen LogP contribution is -2.48. The molecule has 73 heavy (non-hydrogen) atoms. The van der Waals surface area contributed by atoms with Gasteiger partial charge in [0, 0.05) is 61.2 Å². The van der Waals surface area contributed by atoms with E-state index >= 15 is 0 Å². The van der Waals surface area contributed by atoms with E-state index in [0.717, 1.165) is 11.4 Å². The molecular formula is C70H47N3. The molecule has 12 aromatic rings. The highest BCUT2D eigenvalue weighted by Gasteiger charge is 2.53. The van der Waals surface area contributed by atoms with Crippen LogP contribution in [0, 0.1) is 5.92 Å². The van der Waals surface area contributed by atoms with Crippen molar-refractivity contribution in [1.82, 2.24) is 9.13 Å². The van der Waals surface area contributed by atoms with Crippen molar-refractivity contribution < 1.29 is 0 Å². The van der Waals surface area contributed by atoms with Crippen LogP contribution in [0.15, 0.2) is 237 Å². The third-order valence-corrected chi connectivity index (χ3v) is 17.9. The fourth-order valence-electron chi connectivity index (χ4n) is 14.9. The second-order valence-electron chi connectivity index (χ2n) is 21.6. The van der Waals surface area contributed by atoms with E-state index in [0.29, 0.717) is 5.92 Å². The van der Waals surface area contributed by atoms with Crippen molar-refractivity contribution in [2.24, 2.45) is 5.92 Å². The fraction of sp³-hybridized carbons (Fsp3) is 0.0857. The summed E-state index contributed by atoms with van der Waals surface area (Å²) >= 11 is 0. The van der Waals surface area contributed by atoms with Crippen LogP contribution < -0.4 is 4.90 Å². The third-order valence-electron chi connectivity index (χ3n) is 17.9. The monoisotopic (exact) mass is 929 g/mol. The Kier molecular flexibility index (Phi) is 7.59. The highest BCUT2D eigenvalue weighted by atomic mass is 15.2. The molecule has 2 atom stereocenters. The van der Waals surface area contributed by atoms with Gasteiger partial charge in [0.25, 0.3) is 0 Å². The van der Waals surface area contributed by atoms with E-state index < -0.39 is 5.41 Å². The van der Waals surface area contributed by atoms with E-state index in [1.807, 2.05) is 0 Å². The predicted molar refractivity (Wildman–Crippen MR) is 303 cm³/mol. The summed E-state index contributed by atoms with van der Waals surface area (Å²) in [6.45, 7) is 4.86. The first-order chi connectivity index (χ1) is 36.0. The number of hydrogen-bond donors (Lipinski definition) is 0. The number of rotatable bonds is 3. The topological polar surface area (TPSA) is 13.1 Å². The minimum atomic E-state index is -0.456. The molecule has 0 saturated heterocycles. The van der Waals surface area contributed by atoms with Gasteiger partial charge in [0.05, 0.1) is 33.5 Å². The molecule has 2 unspecified atom stereocenters. The quantitative estimate of drug-likeness (QED) is 0.172. The van der Waals surface area contributed by atoms with E-state index in [1.165, 1.54) is 127 Å². The molecule has 10 aromatic carbocycles. The summed E-state index contributed by atoms with van der Waals surface area (Å²) in [5.41, 5.74) is 26.6. The summed E-state index contributed by atoms with van der Waals surface area (Å²) in [6.07, 6.45) is 7.15. The summed E-state index contributed by atoms with van der Waals surface area (Å²) in [7, 11) is 0. The molecule has 0 fully saturated rings. The van der Waals surface area contributed by atoms with Crippen LogP contribution in [0.5, 0.6) is 0 Å². The van der Waals surface area contributed by atoms with Gasteiger partial charge >= 0.3 is 0 Å². The Morgan fingerprint density at radius 3 is 1.71 bits per heavy atom. The molecule has 2 aromatic heterocycles. The minimum Gasteiger partial charge on any atom is -0.332 e. The van der Waals surface area contributed by atoms with E-state index in [2.05, 4.69) is 264 Å². The van der Waals surface area contributed by atoms with Crippen LogP contribution in [-0.2, 0) is 10.8 Å². The van der Waals surface area contributed by atoms with E-state index in [1.54, 1.807) is 0 Å². The van der Waals surface area contributed by atoms with E-state index in [-0.39, 0.29) is 11.5 Å². The fourth-order valence-corrected chi connectivity index (χ4v) is 14.9. The Hall–Kier alpha value is -8.92. The van der Waals surface area contributed by atoms with Crippen molar-refractivity contribution in [3.8, 4) is 44.8 Å². The molecule has 0 radical (unpaired) electrons. The van der Waals surface area contributed by atoms with Gasteiger partial charge in [-0.2, -0.15) is 0 Å². The summed E-state index contributed by atoms with van der Waals surface area (Å²) in [4.78, 5) is 2.64. The minimum absolute atomic E-state index is 0.00621. The maximum Gasteiger partial charge on any atom is 0.0726 e. The molecule has 1 spiro atoms. The number of anilines is 2. The van der Waals surface area contributed by atoms with Crippen LogP contribution >= 0.6 is 0 Å². The number of nitrogens with zero attached hydrogens (tertiary/aromatic N) is 3. The summed E-state index contributed by atoms with van der Waals surface area (Å²) in [6, 6.07) is 83.2. The van der Waals surface area contributed by atoms with Gasteiger partial charge in [-0.3, -0.25) is 0 Å². The molecule has 17 rings (SSSR count). The number of hydrogen-bond acceptors (Lipinski definition) is 1. The van der Waals surface area contributed by atoms with E-state index in [4.69, 9.17) is 0 Å². The Labute approximate surface area is 423 Å². The molecule has 342 valence electrons. The number of aromatic nitrogens is 2. The van der Waals surface area contributed by atoms with Crippen LogP contribution in [0.2, 0.25) is 0 Å². The smallest absolute Gasteiger partial charge is 0.0726 e. The predicted octanol–water partition coefficient (Wildman–Crippen LogP) is 17.3. The number of allylic oxidation sites excluding steroid dienone is 2. The van der Waals surface area contributed by atoms with Crippen molar-refractivity contribution in [3.63, 3.8) is 0 Å². The maximum absolute atomic E-state index is 2.64. The molecule has 3 heteroatoms. The lowest BCUT2D eigenvalue weighted by atomic mass is 9.64. The van der Waals surface area contributed by atoms with Crippen molar-refractivity contribution in [2.75, 3.05) is 4.90 Å². The first-order valence-electron chi connectivity index (χ1n) is 25.9. The van der Waals surface area contributed by atoms with Crippen LogP contribution in [0.25, 0.3) is 93.9 Å². The molecule has 4 heterocycles. The average Bonchev–Trinajstić information content (AvgIpc) is 4.22. The van der Waals surface area contributed by atoms with Gasteiger partial charge in [-0.05, 0) is 146 Å². The van der Waals surface area contributed by atoms with Gasteiger partial charge in [0.1, 0.15) is 0 Å². The SMILES string of the molecule is CC1(C)c2ccccc2N2c3ccc(-c4ccc5c(c4)c4cc6c(cc4n5-c4ccc5c(c4)c4ccccc4n5-c4ccccc4)C4(c5ccccc5-c5ccccc54)c4ccccc4-6)cc3C3=CC=CC1C32. The van der Waals surface area contributed by atoms with Crippen molar-refractivity contribution in [3.05, 3.63) is 270 Å². The standard InChI is InChI=1S/C70H47N3/c1-69(2)59-27-13-15-30-66(59)73-65-35-32-42(37-52(65)50-23-16-28-60(69)68(50)73)43-31-34-63-53(38-43)55-40-51-48-21-8-12-26-58(48)70(56-24-10-6-19-46(56)47-20-7-11-25-57(47)70)61(51)41-67(55)72(63)45-33-36-64-54(39-45)49-22-9-14-29-62(49)71(64)44-17-4-3-5-18-44/h3-41,60,68H,1-2H3. The van der Waals surface area contributed by atoms with Gasteiger partial charge < -0.3 is 14.0 Å². The van der Waals surface area contributed by atoms with Crippen LogP contribution in [0.1, 0.15) is 47.2 Å². The largest absolute Gasteiger partial charge is 0.332 e.